The Kier molecular flexibility index (Phi) is 4.19. The summed E-state index contributed by atoms with van der Waals surface area (Å²) in [5, 5.41) is 6.28. The Hall–Kier alpha value is -2.80. The van der Waals surface area contributed by atoms with Crippen molar-refractivity contribution in [3.05, 3.63) is 54.7 Å². The van der Waals surface area contributed by atoms with Crippen LogP contribution in [0.4, 0.5) is 5.82 Å². The first kappa shape index (κ1) is 17.6. The van der Waals surface area contributed by atoms with Gasteiger partial charge in [-0.1, -0.05) is 24.3 Å². The number of rotatable bonds is 3. The Bertz CT molecular complexity index is 1270. The van der Waals surface area contributed by atoms with Crippen LogP contribution in [0.3, 0.4) is 0 Å². The van der Waals surface area contributed by atoms with Crippen LogP contribution in [-0.4, -0.2) is 23.4 Å². The SMILES string of the molecule is Nc1ncc(-c2ccc(P)cc2)cc1-c1nc2ccc(S(N)(=O)=O)cc2[nH]1. The molecule has 5 N–H and O–H groups in total. The van der Waals surface area contributed by atoms with Gasteiger partial charge in [-0.25, -0.2) is 23.5 Å². The molecular weight excluding hydrogens is 381 g/mol. The minimum Gasteiger partial charge on any atom is -0.383 e. The van der Waals surface area contributed by atoms with Crippen LogP contribution < -0.4 is 16.2 Å². The van der Waals surface area contributed by atoms with E-state index < -0.39 is 10.0 Å². The van der Waals surface area contributed by atoms with Crippen molar-refractivity contribution in [2.75, 3.05) is 5.73 Å². The number of nitrogens with two attached hydrogens (primary N) is 2. The summed E-state index contributed by atoms with van der Waals surface area (Å²) in [7, 11) is -1.14. The molecule has 0 saturated heterocycles. The van der Waals surface area contributed by atoms with Crippen molar-refractivity contribution in [2.24, 2.45) is 5.14 Å². The predicted octanol–water partition coefficient (Wildman–Crippen LogP) is 2.02. The quantitative estimate of drug-likeness (QED) is 0.456. The van der Waals surface area contributed by atoms with Crippen molar-refractivity contribution in [2.45, 2.75) is 4.90 Å². The average molecular weight is 397 g/mol. The van der Waals surface area contributed by atoms with Crippen molar-refractivity contribution >= 4 is 41.4 Å². The van der Waals surface area contributed by atoms with Gasteiger partial charge in [0.05, 0.1) is 21.5 Å². The van der Waals surface area contributed by atoms with E-state index in [0.29, 0.717) is 28.2 Å². The van der Waals surface area contributed by atoms with Crippen molar-refractivity contribution in [1.29, 1.82) is 0 Å². The summed E-state index contributed by atoms with van der Waals surface area (Å²) in [5.74, 6) is 0.832. The van der Waals surface area contributed by atoms with Crippen molar-refractivity contribution in [3.63, 3.8) is 0 Å². The molecule has 1 unspecified atom stereocenters. The number of nitrogens with zero attached hydrogens (tertiary/aromatic N) is 2. The lowest BCUT2D eigenvalue weighted by Crippen LogP contribution is -2.11. The molecule has 136 valence electrons. The molecule has 0 aliphatic heterocycles. The van der Waals surface area contributed by atoms with E-state index in [9.17, 15) is 8.42 Å². The molecule has 0 aliphatic rings. The number of imidazole rings is 1. The summed E-state index contributed by atoms with van der Waals surface area (Å²) in [6, 6.07) is 14.3. The number of hydrogen-bond donors (Lipinski definition) is 3. The van der Waals surface area contributed by atoms with Crippen LogP contribution in [0.5, 0.6) is 0 Å². The first-order chi connectivity index (χ1) is 12.8. The molecule has 27 heavy (non-hydrogen) atoms. The number of primary sulfonamides is 1. The average Bonchev–Trinajstić information content (AvgIpc) is 3.05. The highest BCUT2D eigenvalue weighted by molar-refractivity contribution is 7.89. The predicted molar refractivity (Wildman–Crippen MR) is 110 cm³/mol. The second-order valence-electron chi connectivity index (χ2n) is 6.09. The number of sulfonamides is 1. The Morgan fingerprint density at radius 3 is 2.44 bits per heavy atom. The van der Waals surface area contributed by atoms with E-state index in [2.05, 4.69) is 24.2 Å². The largest absolute Gasteiger partial charge is 0.383 e. The van der Waals surface area contributed by atoms with Gasteiger partial charge >= 0.3 is 0 Å². The van der Waals surface area contributed by atoms with Gasteiger partial charge in [-0.3, -0.25) is 0 Å². The van der Waals surface area contributed by atoms with E-state index in [1.165, 1.54) is 12.1 Å². The van der Waals surface area contributed by atoms with Crippen LogP contribution in [0.25, 0.3) is 33.5 Å². The highest BCUT2D eigenvalue weighted by atomic mass is 32.2. The zero-order valence-electron chi connectivity index (χ0n) is 14.0. The minimum absolute atomic E-state index is 0.0163. The highest BCUT2D eigenvalue weighted by Crippen LogP contribution is 2.29. The molecule has 0 saturated carbocycles. The number of aromatic nitrogens is 3. The smallest absolute Gasteiger partial charge is 0.238 e. The Labute approximate surface area is 158 Å². The van der Waals surface area contributed by atoms with Gasteiger partial charge in [0, 0.05) is 11.8 Å². The normalized spacial score (nSPS) is 11.8. The first-order valence-electron chi connectivity index (χ1n) is 7.95. The van der Waals surface area contributed by atoms with Crippen LogP contribution in [0.2, 0.25) is 0 Å². The van der Waals surface area contributed by atoms with Gasteiger partial charge < -0.3 is 10.7 Å². The summed E-state index contributed by atoms with van der Waals surface area (Å²) < 4.78 is 23.1. The summed E-state index contributed by atoms with van der Waals surface area (Å²) in [4.78, 5) is 11.9. The molecule has 0 amide bonds. The lowest BCUT2D eigenvalue weighted by molar-refractivity contribution is 0.598. The molecule has 7 nitrogen and oxygen atoms in total. The second kappa shape index (κ2) is 6.42. The van der Waals surface area contributed by atoms with E-state index in [0.717, 1.165) is 16.4 Å². The molecule has 4 rings (SSSR count). The number of hydrogen-bond acceptors (Lipinski definition) is 5. The number of nitrogens with one attached hydrogen (secondary N) is 1. The maximum Gasteiger partial charge on any atom is 0.238 e. The van der Waals surface area contributed by atoms with Gasteiger partial charge in [-0.15, -0.1) is 9.24 Å². The molecular formula is C18H16N5O2PS. The second-order valence-corrected chi connectivity index (χ2v) is 8.32. The fraction of sp³-hybridized carbons (Fsp3) is 0. The fourth-order valence-corrected chi connectivity index (χ4v) is 3.52. The molecule has 0 aliphatic carbocycles. The number of pyridine rings is 1. The Balaban J connectivity index is 1.83. The zero-order valence-corrected chi connectivity index (χ0v) is 16.0. The molecule has 2 heterocycles. The molecule has 0 spiro atoms. The van der Waals surface area contributed by atoms with E-state index >= 15 is 0 Å². The minimum atomic E-state index is -3.79. The number of fused-ring (bicyclic) bond motifs is 1. The van der Waals surface area contributed by atoms with Crippen molar-refractivity contribution < 1.29 is 8.42 Å². The van der Waals surface area contributed by atoms with Crippen LogP contribution in [-0.2, 0) is 10.0 Å². The Morgan fingerprint density at radius 2 is 1.74 bits per heavy atom. The molecule has 0 radical (unpaired) electrons. The third-order valence-corrected chi connectivity index (χ3v) is 5.50. The number of benzene rings is 2. The van der Waals surface area contributed by atoms with Gasteiger partial charge in [0.2, 0.25) is 10.0 Å². The first-order valence-corrected chi connectivity index (χ1v) is 10.1. The summed E-state index contributed by atoms with van der Waals surface area (Å²) in [6.45, 7) is 0. The number of H-pyrrole nitrogens is 1. The Morgan fingerprint density at radius 1 is 1.00 bits per heavy atom. The van der Waals surface area contributed by atoms with Crippen LogP contribution in [0, 0.1) is 0 Å². The van der Waals surface area contributed by atoms with E-state index in [4.69, 9.17) is 10.9 Å². The molecule has 2 aromatic carbocycles. The molecule has 2 aromatic heterocycles. The highest BCUT2D eigenvalue weighted by Gasteiger charge is 2.14. The molecule has 0 bridgehead atoms. The maximum absolute atomic E-state index is 11.5. The van der Waals surface area contributed by atoms with E-state index in [-0.39, 0.29) is 4.90 Å². The fourth-order valence-electron chi connectivity index (χ4n) is 2.79. The van der Waals surface area contributed by atoms with Gasteiger partial charge in [0.25, 0.3) is 0 Å². The molecule has 0 fully saturated rings. The number of aromatic amines is 1. The monoisotopic (exact) mass is 397 g/mol. The summed E-state index contributed by atoms with van der Waals surface area (Å²) in [6.07, 6.45) is 1.71. The van der Waals surface area contributed by atoms with Crippen molar-refractivity contribution in [1.82, 2.24) is 15.0 Å². The summed E-state index contributed by atoms with van der Waals surface area (Å²) >= 11 is 0. The number of anilines is 1. The zero-order chi connectivity index (χ0) is 19.2. The van der Waals surface area contributed by atoms with Gasteiger partial charge in [0.15, 0.2) is 0 Å². The van der Waals surface area contributed by atoms with E-state index in [1.54, 1.807) is 12.3 Å². The summed E-state index contributed by atoms with van der Waals surface area (Å²) in [5.41, 5.74) is 9.75. The topological polar surface area (TPSA) is 128 Å². The van der Waals surface area contributed by atoms with Gasteiger partial charge in [-0.05, 0) is 35.1 Å². The van der Waals surface area contributed by atoms with Crippen LogP contribution >= 0.6 is 9.24 Å². The van der Waals surface area contributed by atoms with Crippen LogP contribution in [0.15, 0.2) is 59.6 Å². The maximum atomic E-state index is 11.5. The standard InChI is InChI=1S/C18H16N5O2PS/c19-17-14(7-11(9-21-17)10-1-3-12(26)4-2-10)18-22-15-6-5-13(27(20,24)25)8-16(15)23-18/h1-9H,26H2,(H2,19,21)(H,22,23)(H2,20,24,25). The van der Waals surface area contributed by atoms with Crippen LogP contribution in [0.1, 0.15) is 0 Å². The third-order valence-electron chi connectivity index (χ3n) is 4.20. The molecule has 4 aromatic rings. The number of nitrogen functional groups attached to an aromatic ring is 1. The van der Waals surface area contributed by atoms with Gasteiger partial charge in [0.1, 0.15) is 11.6 Å². The van der Waals surface area contributed by atoms with E-state index in [1.807, 2.05) is 30.3 Å². The molecule has 9 heteroatoms. The molecule has 1 atom stereocenters. The van der Waals surface area contributed by atoms with Gasteiger partial charge in [-0.2, -0.15) is 0 Å². The van der Waals surface area contributed by atoms with Crippen molar-refractivity contribution in [3.8, 4) is 22.5 Å². The lowest BCUT2D eigenvalue weighted by atomic mass is 10.1. The third kappa shape index (κ3) is 3.42. The lowest BCUT2D eigenvalue weighted by Gasteiger charge is -2.06.